The lowest BCUT2D eigenvalue weighted by molar-refractivity contribution is -0.121. The third-order valence-electron chi connectivity index (χ3n) is 5.90. The van der Waals surface area contributed by atoms with Crippen molar-refractivity contribution >= 4 is 5.91 Å². The van der Waals surface area contributed by atoms with Gasteiger partial charge in [0.1, 0.15) is 0 Å². The van der Waals surface area contributed by atoms with Gasteiger partial charge in [-0.1, -0.05) is 75.7 Å². The third-order valence-corrected chi connectivity index (χ3v) is 5.90. The number of benzene rings is 2. The molecule has 1 fully saturated rings. The minimum Gasteiger partial charge on any atom is -0.352 e. The number of likely N-dealkylation sites (tertiary alicyclic amines) is 1. The van der Waals surface area contributed by atoms with Gasteiger partial charge in [0.25, 0.3) is 0 Å². The first-order chi connectivity index (χ1) is 13.9. The summed E-state index contributed by atoms with van der Waals surface area (Å²) in [6, 6.07) is 17.2. The van der Waals surface area contributed by atoms with Crippen LogP contribution in [-0.4, -0.2) is 23.9 Å². The zero-order valence-electron chi connectivity index (χ0n) is 18.3. The molecule has 1 aliphatic rings. The number of rotatable bonds is 7. The Bertz CT molecular complexity index is 783. The second-order valence-electron chi connectivity index (χ2n) is 9.33. The Morgan fingerprint density at radius 2 is 1.59 bits per heavy atom. The maximum atomic E-state index is 12.4. The Balaban J connectivity index is 1.48. The number of amides is 1. The minimum atomic E-state index is 0.123. The molecule has 0 radical (unpaired) electrons. The van der Waals surface area contributed by atoms with Crippen LogP contribution in [0.5, 0.6) is 0 Å². The summed E-state index contributed by atoms with van der Waals surface area (Å²) < 4.78 is 0. The fourth-order valence-electron chi connectivity index (χ4n) is 3.95. The Kier molecular flexibility index (Phi) is 7.49. The molecule has 156 valence electrons. The molecular weight excluding hydrogens is 356 g/mol. The maximum Gasteiger partial charge on any atom is 0.220 e. The summed E-state index contributed by atoms with van der Waals surface area (Å²) in [5, 5.41) is 3.13. The van der Waals surface area contributed by atoms with Crippen LogP contribution < -0.4 is 5.32 Å². The predicted octanol–water partition coefficient (Wildman–Crippen LogP) is 5.22. The van der Waals surface area contributed by atoms with Gasteiger partial charge in [-0.3, -0.25) is 9.69 Å². The van der Waals surface area contributed by atoms with Gasteiger partial charge >= 0.3 is 0 Å². The second kappa shape index (κ2) is 10.1. The van der Waals surface area contributed by atoms with Gasteiger partial charge in [-0.05, 0) is 60.0 Å². The SMILES string of the molecule is CC(C)(C)c1ccc(CCC(=O)NCc2ccccc2CN2CCCCC2)cc1. The van der Waals surface area contributed by atoms with Crippen LogP contribution in [0.25, 0.3) is 0 Å². The standard InChI is InChI=1S/C26H36N2O/c1-26(2,3)24-14-11-21(12-15-24)13-16-25(29)27-19-22-9-5-6-10-23(22)20-28-17-7-4-8-18-28/h5-6,9-12,14-15H,4,7-8,13,16-20H2,1-3H3,(H,27,29). The summed E-state index contributed by atoms with van der Waals surface area (Å²) in [6.07, 6.45) is 5.27. The summed E-state index contributed by atoms with van der Waals surface area (Å²) in [5.74, 6) is 0.123. The number of carbonyl (C=O) groups excluding carboxylic acids is 1. The molecule has 1 N–H and O–H groups in total. The van der Waals surface area contributed by atoms with E-state index in [9.17, 15) is 4.79 Å². The van der Waals surface area contributed by atoms with Crippen LogP contribution in [-0.2, 0) is 29.7 Å². The fraction of sp³-hybridized carbons (Fsp3) is 0.500. The Labute approximate surface area is 176 Å². The third kappa shape index (κ3) is 6.71. The molecule has 0 atom stereocenters. The van der Waals surface area contributed by atoms with Crippen molar-refractivity contribution in [1.29, 1.82) is 0 Å². The van der Waals surface area contributed by atoms with Crippen LogP contribution in [0.1, 0.15) is 68.7 Å². The average Bonchev–Trinajstić information content (AvgIpc) is 2.72. The first-order valence-corrected chi connectivity index (χ1v) is 11.1. The average molecular weight is 393 g/mol. The highest BCUT2D eigenvalue weighted by Crippen LogP contribution is 2.22. The summed E-state index contributed by atoms with van der Waals surface area (Å²) in [4.78, 5) is 14.9. The molecule has 0 unspecified atom stereocenters. The van der Waals surface area contributed by atoms with Gasteiger partial charge in [-0.25, -0.2) is 0 Å². The normalized spacial score (nSPS) is 15.3. The quantitative estimate of drug-likeness (QED) is 0.701. The van der Waals surface area contributed by atoms with E-state index >= 15 is 0 Å². The lowest BCUT2D eigenvalue weighted by atomic mass is 9.86. The van der Waals surface area contributed by atoms with Gasteiger partial charge in [0, 0.05) is 19.5 Å². The summed E-state index contributed by atoms with van der Waals surface area (Å²) in [5.41, 5.74) is 5.29. The number of carbonyl (C=O) groups is 1. The molecule has 1 saturated heterocycles. The highest BCUT2D eigenvalue weighted by atomic mass is 16.1. The molecule has 1 aliphatic heterocycles. The summed E-state index contributed by atoms with van der Waals surface area (Å²) >= 11 is 0. The summed E-state index contributed by atoms with van der Waals surface area (Å²) in [7, 11) is 0. The van der Waals surface area contributed by atoms with Gasteiger partial charge in [0.05, 0.1) is 0 Å². The molecule has 0 spiro atoms. The van der Waals surface area contributed by atoms with Crippen LogP contribution in [0.4, 0.5) is 0 Å². The van der Waals surface area contributed by atoms with Crippen LogP contribution in [0, 0.1) is 0 Å². The number of aryl methyl sites for hydroxylation is 1. The molecule has 2 aromatic carbocycles. The molecule has 1 heterocycles. The van der Waals surface area contributed by atoms with E-state index in [4.69, 9.17) is 0 Å². The van der Waals surface area contributed by atoms with E-state index in [0.29, 0.717) is 13.0 Å². The van der Waals surface area contributed by atoms with Gasteiger partial charge < -0.3 is 5.32 Å². The molecule has 3 nitrogen and oxygen atoms in total. The first kappa shape index (κ1) is 21.6. The predicted molar refractivity (Wildman–Crippen MR) is 121 cm³/mol. The van der Waals surface area contributed by atoms with Crippen molar-refractivity contribution in [2.75, 3.05) is 13.1 Å². The van der Waals surface area contributed by atoms with E-state index in [2.05, 4.69) is 79.5 Å². The molecule has 0 saturated carbocycles. The van der Waals surface area contributed by atoms with Crippen LogP contribution in [0.2, 0.25) is 0 Å². The zero-order valence-corrected chi connectivity index (χ0v) is 18.3. The molecule has 0 aliphatic carbocycles. The molecule has 0 aromatic heterocycles. The van der Waals surface area contributed by atoms with Crippen molar-refractivity contribution in [3.63, 3.8) is 0 Å². The lowest BCUT2D eigenvalue weighted by Crippen LogP contribution is -2.30. The molecule has 1 amide bonds. The molecule has 3 heteroatoms. The van der Waals surface area contributed by atoms with Crippen LogP contribution in [0.15, 0.2) is 48.5 Å². The van der Waals surface area contributed by atoms with Crippen molar-refractivity contribution in [3.05, 3.63) is 70.8 Å². The molecule has 29 heavy (non-hydrogen) atoms. The first-order valence-electron chi connectivity index (χ1n) is 11.1. The second-order valence-corrected chi connectivity index (χ2v) is 9.33. The Morgan fingerprint density at radius 1 is 0.931 bits per heavy atom. The lowest BCUT2D eigenvalue weighted by Gasteiger charge is -2.27. The number of hydrogen-bond donors (Lipinski definition) is 1. The van der Waals surface area contributed by atoms with Crippen molar-refractivity contribution < 1.29 is 4.79 Å². The van der Waals surface area contributed by atoms with Gasteiger partial charge in [-0.15, -0.1) is 0 Å². The van der Waals surface area contributed by atoms with Gasteiger partial charge in [-0.2, -0.15) is 0 Å². The molecule has 0 bridgehead atoms. The van der Waals surface area contributed by atoms with E-state index in [1.165, 1.54) is 54.6 Å². The molecular formula is C26H36N2O. The van der Waals surface area contributed by atoms with Crippen LogP contribution >= 0.6 is 0 Å². The van der Waals surface area contributed by atoms with Gasteiger partial charge in [0.15, 0.2) is 0 Å². The molecule has 2 aromatic rings. The van der Waals surface area contributed by atoms with E-state index in [1.807, 2.05) is 0 Å². The largest absolute Gasteiger partial charge is 0.352 e. The smallest absolute Gasteiger partial charge is 0.220 e. The molecule has 3 rings (SSSR count). The van der Waals surface area contributed by atoms with Crippen molar-refractivity contribution in [2.24, 2.45) is 0 Å². The van der Waals surface area contributed by atoms with Crippen molar-refractivity contribution in [3.8, 4) is 0 Å². The van der Waals surface area contributed by atoms with Gasteiger partial charge in [0.2, 0.25) is 5.91 Å². The van der Waals surface area contributed by atoms with E-state index in [1.54, 1.807) is 0 Å². The minimum absolute atomic E-state index is 0.123. The highest BCUT2D eigenvalue weighted by Gasteiger charge is 2.14. The number of piperidine rings is 1. The van der Waals surface area contributed by atoms with Crippen molar-refractivity contribution in [1.82, 2.24) is 10.2 Å². The van der Waals surface area contributed by atoms with E-state index < -0.39 is 0 Å². The Morgan fingerprint density at radius 3 is 2.24 bits per heavy atom. The van der Waals surface area contributed by atoms with Crippen LogP contribution in [0.3, 0.4) is 0 Å². The van der Waals surface area contributed by atoms with E-state index in [0.717, 1.165) is 13.0 Å². The monoisotopic (exact) mass is 392 g/mol. The Hall–Kier alpha value is -2.13. The fourth-order valence-corrected chi connectivity index (χ4v) is 3.95. The maximum absolute atomic E-state index is 12.4. The number of nitrogens with zero attached hydrogens (tertiary/aromatic N) is 1. The highest BCUT2D eigenvalue weighted by molar-refractivity contribution is 5.76. The van der Waals surface area contributed by atoms with E-state index in [-0.39, 0.29) is 11.3 Å². The number of nitrogens with one attached hydrogen (secondary N) is 1. The number of hydrogen-bond acceptors (Lipinski definition) is 2. The topological polar surface area (TPSA) is 32.3 Å². The van der Waals surface area contributed by atoms with Crippen molar-refractivity contribution in [2.45, 2.75) is 71.4 Å². The summed E-state index contributed by atoms with van der Waals surface area (Å²) in [6.45, 7) is 10.6. The zero-order chi connectivity index (χ0) is 20.7.